The Labute approximate surface area is 179 Å². The predicted octanol–water partition coefficient (Wildman–Crippen LogP) is 3.15. The molecule has 1 aliphatic rings. The summed E-state index contributed by atoms with van der Waals surface area (Å²) in [6.45, 7) is 8.43. The van der Waals surface area contributed by atoms with Crippen molar-refractivity contribution >= 4 is 16.0 Å². The monoisotopic (exact) mass is 430 g/mol. The largest absolute Gasteiger partial charge is 0.481 e. The molecule has 1 atom stereocenters. The van der Waals surface area contributed by atoms with Gasteiger partial charge >= 0.3 is 5.97 Å². The second-order valence-electron chi connectivity index (χ2n) is 8.31. The Morgan fingerprint density at radius 3 is 2.47 bits per heavy atom. The van der Waals surface area contributed by atoms with Crippen LogP contribution in [0.25, 0.3) is 0 Å². The number of carboxylic acids is 1. The zero-order chi connectivity index (χ0) is 21.9. The third-order valence-electron chi connectivity index (χ3n) is 5.74. The Morgan fingerprint density at radius 2 is 1.83 bits per heavy atom. The summed E-state index contributed by atoms with van der Waals surface area (Å²) in [5, 5.41) is 9.13. The fourth-order valence-corrected chi connectivity index (χ4v) is 5.77. The minimum Gasteiger partial charge on any atom is -0.481 e. The lowest BCUT2D eigenvalue weighted by molar-refractivity contribution is -0.136. The first-order chi connectivity index (χ1) is 14.2. The smallest absolute Gasteiger partial charge is 0.307 e. The average molecular weight is 431 g/mol. The molecule has 6 nitrogen and oxygen atoms in total. The maximum absolute atomic E-state index is 13.5. The number of benzene rings is 2. The zero-order valence-corrected chi connectivity index (χ0v) is 18.6. The third kappa shape index (κ3) is 5.09. The number of carboxylic acid groups (broad SMARTS) is 1. The lowest BCUT2D eigenvalue weighted by atomic mass is 10.0. The molecule has 0 spiro atoms. The first-order valence-electron chi connectivity index (χ1n) is 10.3. The minimum absolute atomic E-state index is 0.142. The Kier molecular flexibility index (Phi) is 6.95. The Hall–Kier alpha value is -2.22. The van der Waals surface area contributed by atoms with Crippen molar-refractivity contribution in [3.05, 3.63) is 65.2 Å². The van der Waals surface area contributed by atoms with Gasteiger partial charge in [-0.3, -0.25) is 9.69 Å². The van der Waals surface area contributed by atoms with Gasteiger partial charge in [-0.1, -0.05) is 50.2 Å². The van der Waals surface area contributed by atoms with E-state index in [1.165, 1.54) is 11.6 Å². The molecule has 0 amide bonds. The van der Waals surface area contributed by atoms with Crippen LogP contribution >= 0.6 is 0 Å². The molecule has 1 saturated heterocycles. The van der Waals surface area contributed by atoms with Crippen molar-refractivity contribution in [2.45, 2.75) is 44.7 Å². The molecule has 1 N–H and O–H groups in total. The Morgan fingerprint density at radius 1 is 1.13 bits per heavy atom. The highest BCUT2D eigenvalue weighted by Crippen LogP contribution is 2.27. The van der Waals surface area contributed by atoms with Crippen molar-refractivity contribution in [3.63, 3.8) is 0 Å². The molecular formula is C23H30N2O4S. The molecule has 0 aromatic heterocycles. The number of aliphatic carboxylic acids is 1. The maximum Gasteiger partial charge on any atom is 0.307 e. The second kappa shape index (κ2) is 9.29. The second-order valence-corrected chi connectivity index (χ2v) is 10.2. The summed E-state index contributed by atoms with van der Waals surface area (Å²) in [7, 11) is -3.71. The zero-order valence-electron chi connectivity index (χ0n) is 17.8. The van der Waals surface area contributed by atoms with Gasteiger partial charge in [0, 0.05) is 32.2 Å². The van der Waals surface area contributed by atoms with Gasteiger partial charge in [-0.2, -0.15) is 4.31 Å². The van der Waals surface area contributed by atoms with Gasteiger partial charge in [0.25, 0.3) is 0 Å². The van der Waals surface area contributed by atoms with Crippen LogP contribution in [-0.2, 0) is 27.8 Å². The van der Waals surface area contributed by atoms with Crippen LogP contribution in [0.4, 0.5) is 0 Å². The Bertz CT molecular complexity index is 990. The van der Waals surface area contributed by atoms with Crippen molar-refractivity contribution in [2.24, 2.45) is 5.92 Å². The van der Waals surface area contributed by atoms with E-state index in [1.807, 2.05) is 32.0 Å². The SMILES string of the molecule is Cc1ccc(S(=O)(=O)N2CCN(Cc3ccccc3)CC2C(C)C)cc1CC(=O)O. The van der Waals surface area contributed by atoms with Crippen LogP contribution in [0.5, 0.6) is 0 Å². The fourth-order valence-electron chi connectivity index (χ4n) is 3.98. The van der Waals surface area contributed by atoms with E-state index in [0.717, 1.165) is 12.1 Å². The summed E-state index contributed by atoms with van der Waals surface area (Å²) in [5.74, 6) is -0.815. The summed E-state index contributed by atoms with van der Waals surface area (Å²) >= 11 is 0. The molecule has 2 aromatic carbocycles. The first kappa shape index (κ1) is 22.5. The highest BCUT2D eigenvalue weighted by Gasteiger charge is 2.37. The van der Waals surface area contributed by atoms with E-state index >= 15 is 0 Å². The van der Waals surface area contributed by atoms with Crippen molar-refractivity contribution in [1.82, 2.24) is 9.21 Å². The first-order valence-corrected chi connectivity index (χ1v) is 11.7. The number of piperazine rings is 1. The summed E-state index contributed by atoms with van der Waals surface area (Å²) in [6.07, 6.45) is -0.187. The van der Waals surface area contributed by atoms with E-state index in [2.05, 4.69) is 17.0 Å². The number of sulfonamides is 1. The highest BCUT2D eigenvalue weighted by molar-refractivity contribution is 7.89. The highest BCUT2D eigenvalue weighted by atomic mass is 32.2. The van der Waals surface area contributed by atoms with Crippen LogP contribution in [0.15, 0.2) is 53.4 Å². The number of rotatable bonds is 7. The Balaban J connectivity index is 1.84. The summed E-state index contributed by atoms with van der Waals surface area (Å²) in [6, 6.07) is 14.9. The normalized spacial score (nSPS) is 18.6. The topological polar surface area (TPSA) is 77.9 Å². The molecule has 162 valence electrons. The van der Waals surface area contributed by atoms with Gasteiger partial charge in [-0.15, -0.1) is 0 Å². The van der Waals surface area contributed by atoms with Crippen molar-refractivity contribution in [3.8, 4) is 0 Å². The van der Waals surface area contributed by atoms with Gasteiger partial charge < -0.3 is 5.11 Å². The number of hydrogen-bond acceptors (Lipinski definition) is 4. The number of carbonyl (C=O) groups is 1. The molecule has 1 aliphatic heterocycles. The molecule has 0 radical (unpaired) electrons. The van der Waals surface area contributed by atoms with Gasteiger partial charge in [0.1, 0.15) is 0 Å². The van der Waals surface area contributed by atoms with E-state index in [1.54, 1.807) is 23.4 Å². The van der Waals surface area contributed by atoms with Crippen LogP contribution in [0.3, 0.4) is 0 Å². The van der Waals surface area contributed by atoms with E-state index in [-0.39, 0.29) is 23.3 Å². The van der Waals surface area contributed by atoms with Crippen LogP contribution in [0, 0.1) is 12.8 Å². The molecule has 0 bridgehead atoms. The molecule has 1 unspecified atom stereocenters. The maximum atomic E-state index is 13.5. The van der Waals surface area contributed by atoms with Gasteiger partial charge in [-0.25, -0.2) is 8.42 Å². The summed E-state index contributed by atoms with van der Waals surface area (Å²) in [4.78, 5) is 13.6. The van der Waals surface area contributed by atoms with Gasteiger partial charge in [0.05, 0.1) is 11.3 Å². The summed E-state index contributed by atoms with van der Waals surface area (Å²) < 4.78 is 28.6. The third-order valence-corrected chi connectivity index (χ3v) is 7.66. The van der Waals surface area contributed by atoms with Gasteiger partial charge in [0.2, 0.25) is 10.0 Å². The van der Waals surface area contributed by atoms with Crippen LogP contribution in [-0.4, -0.2) is 54.4 Å². The minimum atomic E-state index is -3.71. The standard InChI is InChI=1S/C23H30N2O4S/c1-17(2)22-16-24(15-19-7-5-4-6-8-19)11-12-25(22)30(28,29)21-10-9-18(3)20(13-21)14-23(26)27/h4-10,13,17,22H,11-12,14-16H2,1-3H3,(H,26,27). The molecule has 1 fully saturated rings. The van der Waals surface area contributed by atoms with Crippen LogP contribution in [0.1, 0.15) is 30.5 Å². The van der Waals surface area contributed by atoms with E-state index in [0.29, 0.717) is 25.2 Å². The lowest BCUT2D eigenvalue weighted by Crippen LogP contribution is -2.56. The van der Waals surface area contributed by atoms with Gasteiger partial charge in [0.15, 0.2) is 0 Å². The number of nitrogens with zero attached hydrogens (tertiary/aromatic N) is 2. The van der Waals surface area contributed by atoms with E-state index in [4.69, 9.17) is 5.11 Å². The van der Waals surface area contributed by atoms with Crippen molar-refractivity contribution in [2.75, 3.05) is 19.6 Å². The van der Waals surface area contributed by atoms with Crippen LogP contribution < -0.4 is 0 Å². The van der Waals surface area contributed by atoms with Crippen molar-refractivity contribution in [1.29, 1.82) is 0 Å². The van der Waals surface area contributed by atoms with E-state index in [9.17, 15) is 13.2 Å². The lowest BCUT2D eigenvalue weighted by Gasteiger charge is -2.42. The van der Waals surface area contributed by atoms with Gasteiger partial charge in [-0.05, 0) is 41.7 Å². The number of hydrogen-bond donors (Lipinski definition) is 1. The number of aryl methyl sites for hydroxylation is 1. The van der Waals surface area contributed by atoms with Crippen molar-refractivity contribution < 1.29 is 18.3 Å². The quantitative estimate of drug-likeness (QED) is 0.730. The predicted molar refractivity (Wildman–Crippen MR) is 117 cm³/mol. The molecule has 3 rings (SSSR count). The molecule has 2 aromatic rings. The average Bonchev–Trinajstić information content (AvgIpc) is 2.69. The van der Waals surface area contributed by atoms with E-state index < -0.39 is 16.0 Å². The molecule has 0 saturated carbocycles. The molecule has 30 heavy (non-hydrogen) atoms. The molecule has 1 heterocycles. The van der Waals surface area contributed by atoms with Crippen LogP contribution in [0.2, 0.25) is 0 Å². The fraction of sp³-hybridized carbons (Fsp3) is 0.435. The molecule has 0 aliphatic carbocycles. The molecular weight excluding hydrogens is 400 g/mol. The summed E-state index contributed by atoms with van der Waals surface area (Å²) in [5.41, 5.74) is 2.53. The molecule has 7 heteroatoms.